The van der Waals surface area contributed by atoms with E-state index in [-0.39, 0.29) is 23.3 Å². The number of benzene rings is 1. The number of nitrogens with zero attached hydrogens (tertiary/aromatic N) is 2. The van der Waals surface area contributed by atoms with Gasteiger partial charge in [-0.1, -0.05) is 12.5 Å². The molecule has 2 aliphatic rings. The Bertz CT molecular complexity index is 806. The van der Waals surface area contributed by atoms with E-state index in [2.05, 4.69) is 0 Å². The second kappa shape index (κ2) is 8.62. The molecule has 2 saturated heterocycles. The average molecular weight is 413 g/mol. The molecule has 0 aliphatic carbocycles. The van der Waals surface area contributed by atoms with E-state index in [0.29, 0.717) is 31.0 Å². The molecule has 27 heavy (non-hydrogen) atoms. The summed E-state index contributed by atoms with van der Waals surface area (Å²) in [5.74, 6) is 0.0240. The van der Waals surface area contributed by atoms with E-state index < -0.39 is 15.3 Å². The lowest BCUT2D eigenvalue weighted by Crippen LogP contribution is -2.45. The summed E-state index contributed by atoms with van der Waals surface area (Å²) in [6.45, 7) is 1.81. The van der Waals surface area contributed by atoms with Crippen LogP contribution >= 0.6 is 11.8 Å². The zero-order chi connectivity index (χ0) is 19.4. The standard InChI is InChI=1S/C18H24N2O5S2/c1-25-18(22)16-13-19(10-11-26-16)17(21)14-6-5-7-15(12-14)27(23,24)20-8-3-2-4-9-20/h5-7,12,16H,2-4,8-11,13H2,1H3/t16-/m1/s1. The van der Waals surface area contributed by atoms with Gasteiger partial charge in [-0.15, -0.1) is 11.8 Å². The lowest BCUT2D eigenvalue weighted by atomic mass is 10.2. The van der Waals surface area contributed by atoms with E-state index in [1.54, 1.807) is 17.0 Å². The molecule has 1 amide bonds. The summed E-state index contributed by atoms with van der Waals surface area (Å²) in [5, 5.41) is -0.409. The van der Waals surface area contributed by atoms with Gasteiger partial charge >= 0.3 is 5.97 Å². The van der Waals surface area contributed by atoms with Crippen LogP contribution in [0.4, 0.5) is 0 Å². The van der Waals surface area contributed by atoms with Gasteiger partial charge in [0.15, 0.2) is 0 Å². The molecule has 1 atom stereocenters. The van der Waals surface area contributed by atoms with E-state index in [9.17, 15) is 18.0 Å². The van der Waals surface area contributed by atoms with Gasteiger partial charge < -0.3 is 9.64 Å². The first kappa shape index (κ1) is 20.2. The quantitative estimate of drug-likeness (QED) is 0.699. The zero-order valence-electron chi connectivity index (χ0n) is 15.3. The van der Waals surface area contributed by atoms with Crippen molar-refractivity contribution in [1.29, 1.82) is 0 Å². The Balaban J connectivity index is 1.78. The first-order chi connectivity index (χ1) is 12.9. The highest BCUT2D eigenvalue weighted by atomic mass is 32.2. The van der Waals surface area contributed by atoms with Gasteiger partial charge in [-0.05, 0) is 31.0 Å². The number of methoxy groups -OCH3 is 1. The highest BCUT2D eigenvalue weighted by molar-refractivity contribution is 8.00. The molecule has 9 heteroatoms. The lowest BCUT2D eigenvalue weighted by Gasteiger charge is -2.31. The number of hydrogen-bond donors (Lipinski definition) is 0. The van der Waals surface area contributed by atoms with E-state index in [1.807, 2.05) is 0 Å². The van der Waals surface area contributed by atoms with Crippen molar-refractivity contribution in [1.82, 2.24) is 9.21 Å². The molecule has 1 aromatic carbocycles. The predicted molar refractivity (Wildman–Crippen MR) is 103 cm³/mol. The highest BCUT2D eigenvalue weighted by Crippen LogP contribution is 2.24. The molecule has 0 spiro atoms. The fraction of sp³-hybridized carbons (Fsp3) is 0.556. The molecule has 1 aromatic rings. The number of esters is 1. The molecular weight excluding hydrogens is 388 g/mol. The fourth-order valence-corrected chi connectivity index (χ4v) is 6.03. The Morgan fingerprint density at radius 2 is 1.89 bits per heavy atom. The number of carbonyl (C=O) groups excluding carboxylic acids is 2. The third-order valence-corrected chi connectivity index (χ3v) is 7.91. The summed E-state index contributed by atoms with van der Waals surface area (Å²) in [6.07, 6.45) is 2.76. The zero-order valence-corrected chi connectivity index (χ0v) is 16.9. The van der Waals surface area contributed by atoms with Gasteiger partial charge in [0, 0.05) is 37.5 Å². The molecule has 7 nitrogen and oxygen atoms in total. The maximum atomic E-state index is 12.9. The average Bonchev–Trinajstić information content (AvgIpc) is 2.73. The van der Waals surface area contributed by atoms with Gasteiger partial charge in [-0.3, -0.25) is 9.59 Å². The number of thioether (sulfide) groups is 1. The lowest BCUT2D eigenvalue weighted by molar-refractivity contribution is -0.140. The number of amides is 1. The van der Waals surface area contributed by atoms with Crippen LogP contribution in [-0.4, -0.2) is 73.8 Å². The Morgan fingerprint density at radius 1 is 1.15 bits per heavy atom. The number of hydrogen-bond acceptors (Lipinski definition) is 6. The Labute approximate surface area is 164 Å². The van der Waals surface area contributed by atoms with Crippen LogP contribution in [0.25, 0.3) is 0 Å². The van der Waals surface area contributed by atoms with E-state index >= 15 is 0 Å². The van der Waals surface area contributed by atoms with Crippen molar-refractivity contribution < 1.29 is 22.7 Å². The van der Waals surface area contributed by atoms with Gasteiger partial charge in [-0.2, -0.15) is 4.31 Å². The van der Waals surface area contributed by atoms with Crippen LogP contribution in [0.2, 0.25) is 0 Å². The van der Waals surface area contributed by atoms with Crippen LogP contribution in [0.5, 0.6) is 0 Å². The van der Waals surface area contributed by atoms with Gasteiger partial charge in [0.2, 0.25) is 10.0 Å². The molecule has 0 saturated carbocycles. The molecular formula is C18H24N2O5S2. The predicted octanol–water partition coefficient (Wildman–Crippen LogP) is 1.59. The molecule has 3 rings (SSSR count). The van der Waals surface area contributed by atoms with Gasteiger partial charge in [-0.25, -0.2) is 8.42 Å². The maximum Gasteiger partial charge on any atom is 0.320 e. The van der Waals surface area contributed by atoms with Crippen LogP contribution in [0, 0.1) is 0 Å². The van der Waals surface area contributed by atoms with Crippen LogP contribution in [-0.2, 0) is 19.6 Å². The smallest absolute Gasteiger partial charge is 0.320 e. The van der Waals surface area contributed by atoms with Gasteiger partial charge in [0.05, 0.1) is 12.0 Å². The summed E-state index contributed by atoms with van der Waals surface area (Å²) < 4.78 is 32.0. The van der Waals surface area contributed by atoms with Crippen molar-refractivity contribution in [3.63, 3.8) is 0 Å². The second-order valence-corrected chi connectivity index (χ2v) is 9.87. The van der Waals surface area contributed by atoms with Crippen molar-refractivity contribution in [2.75, 3.05) is 39.0 Å². The van der Waals surface area contributed by atoms with E-state index in [4.69, 9.17) is 4.74 Å². The Kier molecular flexibility index (Phi) is 6.44. The number of ether oxygens (including phenoxy) is 1. The van der Waals surface area contributed by atoms with Crippen molar-refractivity contribution in [3.05, 3.63) is 29.8 Å². The molecule has 0 radical (unpaired) electrons. The molecule has 0 aromatic heterocycles. The molecule has 0 bridgehead atoms. The molecule has 0 unspecified atom stereocenters. The van der Waals surface area contributed by atoms with Crippen LogP contribution < -0.4 is 0 Å². The van der Waals surface area contributed by atoms with Crippen molar-refractivity contribution in [2.24, 2.45) is 0 Å². The largest absolute Gasteiger partial charge is 0.468 e. The SMILES string of the molecule is COC(=O)[C@H]1CN(C(=O)c2cccc(S(=O)(=O)N3CCCCC3)c2)CCS1. The molecule has 148 valence electrons. The summed E-state index contributed by atoms with van der Waals surface area (Å²) in [6, 6.07) is 6.19. The van der Waals surface area contributed by atoms with Crippen molar-refractivity contribution >= 4 is 33.7 Å². The monoisotopic (exact) mass is 412 g/mol. The summed E-state index contributed by atoms with van der Waals surface area (Å²) in [5.41, 5.74) is 0.323. The summed E-state index contributed by atoms with van der Waals surface area (Å²) >= 11 is 1.47. The van der Waals surface area contributed by atoms with Gasteiger partial charge in [0.25, 0.3) is 5.91 Å². The van der Waals surface area contributed by atoms with E-state index in [1.165, 1.54) is 35.3 Å². The third-order valence-electron chi connectivity index (χ3n) is 4.85. The first-order valence-electron chi connectivity index (χ1n) is 9.02. The number of piperidine rings is 1. The van der Waals surface area contributed by atoms with Crippen LogP contribution in [0.3, 0.4) is 0 Å². The van der Waals surface area contributed by atoms with E-state index in [0.717, 1.165) is 19.3 Å². The third kappa shape index (κ3) is 4.47. The fourth-order valence-electron chi connectivity index (χ4n) is 3.33. The molecule has 0 N–H and O–H groups in total. The van der Waals surface area contributed by atoms with Crippen molar-refractivity contribution in [2.45, 2.75) is 29.4 Å². The second-order valence-electron chi connectivity index (χ2n) is 6.63. The molecule has 2 heterocycles. The van der Waals surface area contributed by atoms with Crippen LogP contribution in [0.15, 0.2) is 29.2 Å². The van der Waals surface area contributed by atoms with Gasteiger partial charge in [0.1, 0.15) is 5.25 Å². The highest BCUT2D eigenvalue weighted by Gasteiger charge is 2.31. The maximum absolute atomic E-state index is 12.9. The number of rotatable bonds is 4. The van der Waals surface area contributed by atoms with Crippen LogP contribution in [0.1, 0.15) is 29.6 Å². The Hall–Kier alpha value is -1.58. The summed E-state index contributed by atoms with van der Waals surface area (Å²) in [7, 11) is -2.26. The number of carbonyl (C=O) groups is 2. The first-order valence-corrected chi connectivity index (χ1v) is 11.5. The van der Waals surface area contributed by atoms with Crippen molar-refractivity contribution in [3.8, 4) is 0 Å². The minimum absolute atomic E-state index is 0.145. The number of sulfonamides is 1. The summed E-state index contributed by atoms with van der Waals surface area (Å²) in [4.78, 5) is 26.4. The Morgan fingerprint density at radius 3 is 2.59 bits per heavy atom. The topological polar surface area (TPSA) is 84.0 Å². The minimum Gasteiger partial charge on any atom is -0.468 e. The molecule has 2 fully saturated rings. The normalized spacial score (nSPS) is 21.7. The molecule has 2 aliphatic heterocycles. The minimum atomic E-state index is -3.59.